The van der Waals surface area contributed by atoms with Crippen LogP contribution in [0.1, 0.15) is 63.6 Å². The molecule has 6 aromatic carbocycles. The first-order valence-electron chi connectivity index (χ1n) is 21.6. The van der Waals surface area contributed by atoms with Crippen molar-refractivity contribution in [3.8, 4) is 56.3 Å². The Hall–Kier alpha value is -6.01. The molecule has 2 saturated carbocycles. The minimum absolute atomic E-state index is 0. The van der Waals surface area contributed by atoms with E-state index < -0.39 is 11.5 Å². The summed E-state index contributed by atoms with van der Waals surface area (Å²) in [6.07, 6.45) is 2.95. The quantitative estimate of drug-likeness (QED) is 0.103. The molecule has 0 aliphatic heterocycles. The van der Waals surface area contributed by atoms with Crippen molar-refractivity contribution in [3.05, 3.63) is 193 Å². The normalized spacial score (nSPS) is 14.0. The van der Waals surface area contributed by atoms with E-state index in [0.29, 0.717) is 19.0 Å². The SMILES string of the molecule is CC(=O)C1(c2onc(-c3ccc(OCc4ccccc4)cc3)c2-c2ccccc2)CC1.CC(O)C1(c2onc(-c3ccc(OCc4ccccc4)cc3)c2-c2ccccc2)CC1.CO.[B].[H-].[Na+]. The molecule has 10 rings (SSSR count). The van der Waals surface area contributed by atoms with Gasteiger partial charge in [0, 0.05) is 26.6 Å². The zero-order chi connectivity index (χ0) is 44.5. The van der Waals surface area contributed by atoms with Crippen LogP contribution in [0.25, 0.3) is 44.8 Å². The van der Waals surface area contributed by atoms with Crippen LogP contribution in [0.5, 0.6) is 11.5 Å². The molecule has 2 aromatic heterocycles. The molecule has 2 fully saturated rings. The minimum atomic E-state index is -0.533. The van der Waals surface area contributed by atoms with Crippen LogP contribution in [0.15, 0.2) is 179 Å². The predicted octanol–water partition coefficient (Wildman–Crippen LogP) is 8.55. The second-order valence-corrected chi connectivity index (χ2v) is 16.3. The van der Waals surface area contributed by atoms with E-state index in [1.165, 1.54) is 0 Å². The fraction of sp³-hybridized carbons (Fsp3) is 0.218. The summed E-state index contributed by atoms with van der Waals surface area (Å²) in [5, 5.41) is 26.3. The average molecular weight is 888 g/mol. The van der Waals surface area contributed by atoms with Gasteiger partial charge in [-0.25, -0.2) is 0 Å². The van der Waals surface area contributed by atoms with Gasteiger partial charge in [0.25, 0.3) is 0 Å². The number of hydrogen-bond acceptors (Lipinski definition) is 9. The maximum atomic E-state index is 12.4. The standard InChI is InChI=1S/C27H25NO3.C27H23NO3.CH4O.B.Na.H/c2*1-19(29)27(16-17-27)26-24(21-10-6-3-7-11-21)25(28-31-26)22-12-14-23(15-13-22)30-18-20-8-4-2-5-9-20;1-2;;;/h2-15,19,29H,16-18H2,1H3;2-15H,16-18H2,1H3;2H,1H3;;;/q;;;;+1;-1. The summed E-state index contributed by atoms with van der Waals surface area (Å²) >= 11 is 0. The van der Waals surface area contributed by atoms with Crippen molar-refractivity contribution in [2.24, 2.45) is 0 Å². The first kappa shape index (κ1) is 49.4. The van der Waals surface area contributed by atoms with E-state index in [2.05, 4.69) is 22.4 Å². The molecule has 8 aromatic rings. The molecule has 0 saturated heterocycles. The number of nitrogens with zero attached hydrogens (tertiary/aromatic N) is 2. The molecule has 3 radical (unpaired) electrons. The number of aromatic nitrogens is 2. The third-order valence-corrected chi connectivity index (χ3v) is 12.2. The van der Waals surface area contributed by atoms with Crippen molar-refractivity contribution in [1.82, 2.24) is 10.3 Å². The van der Waals surface area contributed by atoms with Gasteiger partial charge >= 0.3 is 29.6 Å². The number of rotatable bonds is 14. The van der Waals surface area contributed by atoms with Gasteiger partial charge in [-0.2, -0.15) is 0 Å². The number of aliphatic hydroxyl groups excluding tert-OH is 2. The molecule has 66 heavy (non-hydrogen) atoms. The Labute approximate surface area is 412 Å². The number of carbonyl (C=O) groups is 1. The molecule has 2 aliphatic carbocycles. The number of Topliss-reactive ketones (excluding diaryl/α,β-unsaturated/α-hetero) is 1. The third-order valence-electron chi connectivity index (χ3n) is 12.2. The number of hydrogen-bond donors (Lipinski definition) is 2. The first-order chi connectivity index (χ1) is 31.3. The largest absolute Gasteiger partial charge is 1.00 e. The second-order valence-electron chi connectivity index (χ2n) is 16.3. The Bertz CT molecular complexity index is 2740. The smallest absolute Gasteiger partial charge is 1.00 e. The third kappa shape index (κ3) is 10.8. The predicted molar refractivity (Wildman–Crippen MR) is 255 cm³/mol. The van der Waals surface area contributed by atoms with E-state index in [-0.39, 0.29) is 50.6 Å². The van der Waals surface area contributed by atoms with Crippen LogP contribution in [0, 0.1) is 0 Å². The van der Waals surface area contributed by atoms with Gasteiger partial charge in [0.15, 0.2) is 11.5 Å². The van der Waals surface area contributed by atoms with Gasteiger partial charge in [0.05, 0.1) is 28.1 Å². The van der Waals surface area contributed by atoms with Crippen molar-refractivity contribution in [2.75, 3.05) is 7.11 Å². The first-order valence-corrected chi connectivity index (χ1v) is 21.6. The van der Waals surface area contributed by atoms with E-state index in [9.17, 15) is 9.90 Å². The Kier molecular flexibility index (Phi) is 16.8. The van der Waals surface area contributed by atoms with Crippen LogP contribution in [0.3, 0.4) is 0 Å². The van der Waals surface area contributed by atoms with Gasteiger partial charge < -0.3 is 30.2 Å². The van der Waals surface area contributed by atoms with Crippen molar-refractivity contribution in [1.29, 1.82) is 0 Å². The average Bonchev–Trinajstić information content (AvgIpc) is 4.26. The molecule has 0 amide bonds. The van der Waals surface area contributed by atoms with Gasteiger partial charge in [0.1, 0.15) is 41.9 Å². The van der Waals surface area contributed by atoms with Crippen molar-refractivity contribution >= 4 is 14.2 Å². The van der Waals surface area contributed by atoms with Crippen LogP contribution in [-0.2, 0) is 28.8 Å². The summed E-state index contributed by atoms with van der Waals surface area (Å²) in [5.74, 6) is 3.20. The molecular weight excluding hydrogens is 834 g/mol. The molecular formula is C55H53BN2NaO7. The van der Waals surface area contributed by atoms with Gasteiger partial charge in [-0.15, -0.1) is 0 Å². The molecule has 1 atom stereocenters. The van der Waals surface area contributed by atoms with Gasteiger partial charge in [-0.05, 0) is 110 Å². The molecule has 0 bridgehead atoms. The van der Waals surface area contributed by atoms with Crippen LogP contribution in [0.2, 0.25) is 0 Å². The molecule has 9 nitrogen and oxygen atoms in total. The fourth-order valence-electron chi connectivity index (χ4n) is 8.12. The molecule has 2 aliphatic rings. The minimum Gasteiger partial charge on any atom is -1.00 e. The maximum Gasteiger partial charge on any atom is 1.00 e. The van der Waals surface area contributed by atoms with Crippen molar-refractivity contribution < 1.29 is 64.5 Å². The van der Waals surface area contributed by atoms with E-state index >= 15 is 0 Å². The summed E-state index contributed by atoms with van der Waals surface area (Å²) in [6.45, 7) is 4.52. The van der Waals surface area contributed by atoms with E-state index in [4.69, 9.17) is 23.6 Å². The van der Waals surface area contributed by atoms with Crippen LogP contribution in [-0.4, -0.2) is 47.9 Å². The Balaban J connectivity index is 0.000000232. The van der Waals surface area contributed by atoms with E-state index in [1.54, 1.807) is 6.92 Å². The van der Waals surface area contributed by atoms with Crippen molar-refractivity contribution in [2.45, 2.75) is 69.7 Å². The van der Waals surface area contributed by atoms with Crippen molar-refractivity contribution in [3.63, 3.8) is 0 Å². The topological polar surface area (TPSA) is 128 Å². The van der Waals surface area contributed by atoms with Crippen LogP contribution >= 0.6 is 0 Å². The molecule has 11 heteroatoms. The fourth-order valence-corrected chi connectivity index (χ4v) is 8.12. The Morgan fingerprint density at radius 2 is 0.939 bits per heavy atom. The van der Waals surface area contributed by atoms with Gasteiger partial charge in [0.2, 0.25) is 0 Å². The Morgan fingerprint density at radius 3 is 1.29 bits per heavy atom. The van der Waals surface area contributed by atoms with E-state index in [1.807, 2.05) is 165 Å². The maximum absolute atomic E-state index is 12.4. The molecule has 1 unspecified atom stereocenters. The number of ether oxygens (including phenoxy) is 2. The Morgan fingerprint density at radius 1 is 0.576 bits per heavy atom. The van der Waals surface area contributed by atoms with E-state index in [0.717, 1.165) is 106 Å². The molecule has 2 N–H and O–H groups in total. The monoisotopic (exact) mass is 887 g/mol. The summed E-state index contributed by atoms with van der Waals surface area (Å²) < 4.78 is 23.5. The molecule has 0 spiro atoms. The van der Waals surface area contributed by atoms with Crippen LogP contribution < -0.4 is 39.0 Å². The number of aliphatic hydroxyl groups is 2. The number of carbonyl (C=O) groups excluding carboxylic acids is 1. The van der Waals surface area contributed by atoms with Gasteiger partial charge in [-0.1, -0.05) is 132 Å². The molecule has 329 valence electrons. The second kappa shape index (κ2) is 22.5. The molecule has 2 heterocycles. The summed E-state index contributed by atoms with van der Waals surface area (Å²) in [5.41, 5.74) is 8.75. The summed E-state index contributed by atoms with van der Waals surface area (Å²) in [6, 6.07) is 56.2. The zero-order valence-electron chi connectivity index (χ0n) is 38.9. The zero-order valence-corrected chi connectivity index (χ0v) is 39.9. The number of ketones is 1. The number of benzene rings is 6. The summed E-state index contributed by atoms with van der Waals surface area (Å²) in [7, 11) is 1.00. The van der Waals surface area contributed by atoms with Crippen LogP contribution in [0.4, 0.5) is 0 Å². The van der Waals surface area contributed by atoms with Gasteiger partial charge in [-0.3, -0.25) is 4.79 Å². The summed E-state index contributed by atoms with van der Waals surface area (Å²) in [4.78, 5) is 12.4.